The summed E-state index contributed by atoms with van der Waals surface area (Å²) in [6, 6.07) is 8.07. The minimum Gasteiger partial charge on any atom is -0.301 e. The van der Waals surface area contributed by atoms with E-state index in [0.717, 1.165) is 10.4 Å². The molecule has 19 heavy (non-hydrogen) atoms. The molecular weight excluding hydrogens is 283 g/mol. The Hall–Kier alpha value is -1.66. The molecule has 0 unspecified atom stereocenters. The molecule has 1 aromatic carbocycles. The molecule has 0 aliphatic carbocycles. The van der Waals surface area contributed by atoms with E-state index in [1.165, 1.54) is 35.2 Å². The SMILES string of the molecule is O=c1[nH]c(SCc2ccc(F)cc2)nc2sccc12. The van der Waals surface area contributed by atoms with E-state index in [2.05, 4.69) is 9.97 Å². The number of rotatable bonds is 3. The lowest BCUT2D eigenvalue weighted by molar-refractivity contribution is 0.627. The molecule has 0 fully saturated rings. The fourth-order valence-electron chi connectivity index (χ4n) is 1.65. The van der Waals surface area contributed by atoms with Crippen molar-refractivity contribution in [3.05, 3.63) is 57.4 Å². The third-order valence-corrected chi connectivity index (χ3v) is 4.35. The van der Waals surface area contributed by atoms with Crippen molar-refractivity contribution in [1.82, 2.24) is 9.97 Å². The number of nitrogens with one attached hydrogen (secondary N) is 1. The number of aromatic amines is 1. The average Bonchev–Trinajstić information content (AvgIpc) is 2.87. The second-order valence-electron chi connectivity index (χ2n) is 3.93. The highest BCUT2D eigenvalue weighted by Gasteiger charge is 2.05. The lowest BCUT2D eigenvalue weighted by Gasteiger charge is -2.01. The Morgan fingerprint density at radius 3 is 2.84 bits per heavy atom. The maximum absolute atomic E-state index is 12.8. The zero-order valence-corrected chi connectivity index (χ0v) is 11.4. The fraction of sp³-hybridized carbons (Fsp3) is 0.0769. The Balaban J connectivity index is 1.81. The van der Waals surface area contributed by atoms with Crippen LogP contribution in [0.25, 0.3) is 10.2 Å². The van der Waals surface area contributed by atoms with Crippen LogP contribution >= 0.6 is 23.1 Å². The van der Waals surface area contributed by atoms with Crippen LogP contribution in [-0.4, -0.2) is 9.97 Å². The van der Waals surface area contributed by atoms with Gasteiger partial charge >= 0.3 is 0 Å². The predicted octanol–water partition coefficient (Wildman–Crippen LogP) is 3.42. The molecule has 1 N–H and O–H groups in total. The minimum absolute atomic E-state index is 0.118. The van der Waals surface area contributed by atoms with Gasteiger partial charge in [-0.15, -0.1) is 11.3 Å². The van der Waals surface area contributed by atoms with Crippen LogP contribution in [-0.2, 0) is 5.75 Å². The Morgan fingerprint density at radius 2 is 2.05 bits per heavy atom. The second kappa shape index (κ2) is 5.14. The van der Waals surface area contributed by atoms with Crippen molar-refractivity contribution in [2.75, 3.05) is 0 Å². The first-order valence-corrected chi connectivity index (χ1v) is 7.44. The maximum Gasteiger partial charge on any atom is 0.260 e. The van der Waals surface area contributed by atoms with Gasteiger partial charge in [0.2, 0.25) is 0 Å². The summed E-state index contributed by atoms with van der Waals surface area (Å²) in [5, 5.41) is 3.06. The van der Waals surface area contributed by atoms with Gasteiger partial charge in [0.15, 0.2) is 5.16 Å². The van der Waals surface area contributed by atoms with Crippen molar-refractivity contribution in [3.63, 3.8) is 0 Å². The smallest absolute Gasteiger partial charge is 0.260 e. The summed E-state index contributed by atoms with van der Waals surface area (Å²) in [7, 11) is 0. The first-order valence-electron chi connectivity index (χ1n) is 5.57. The van der Waals surface area contributed by atoms with E-state index >= 15 is 0 Å². The van der Waals surface area contributed by atoms with Crippen LogP contribution in [0.2, 0.25) is 0 Å². The molecule has 0 radical (unpaired) electrons. The Morgan fingerprint density at radius 1 is 1.26 bits per heavy atom. The normalized spacial score (nSPS) is 11.0. The van der Waals surface area contributed by atoms with Gasteiger partial charge in [-0.3, -0.25) is 4.79 Å². The molecule has 3 rings (SSSR count). The average molecular weight is 292 g/mol. The van der Waals surface area contributed by atoms with E-state index in [1.54, 1.807) is 18.2 Å². The van der Waals surface area contributed by atoms with E-state index in [0.29, 0.717) is 16.3 Å². The molecule has 3 aromatic rings. The van der Waals surface area contributed by atoms with Crippen molar-refractivity contribution in [1.29, 1.82) is 0 Å². The van der Waals surface area contributed by atoms with Gasteiger partial charge in [-0.25, -0.2) is 9.37 Å². The predicted molar refractivity (Wildman–Crippen MR) is 76.2 cm³/mol. The van der Waals surface area contributed by atoms with Crippen LogP contribution in [0.4, 0.5) is 4.39 Å². The molecule has 0 saturated carbocycles. The van der Waals surface area contributed by atoms with Gasteiger partial charge in [-0.05, 0) is 29.1 Å². The van der Waals surface area contributed by atoms with Crippen LogP contribution in [0.15, 0.2) is 45.7 Å². The lowest BCUT2D eigenvalue weighted by atomic mass is 10.2. The molecule has 96 valence electrons. The van der Waals surface area contributed by atoms with Gasteiger partial charge in [0.25, 0.3) is 5.56 Å². The topological polar surface area (TPSA) is 45.8 Å². The first kappa shape index (κ1) is 12.4. The highest BCUT2D eigenvalue weighted by Crippen LogP contribution is 2.22. The van der Waals surface area contributed by atoms with E-state index in [1.807, 2.05) is 5.38 Å². The lowest BCUT2D eigenvalue weighted by Crippen LogP contribution is -2.07. The molecular formula is C13H9FN2OS2. The molecule has 3 nitrogen and oxygen atoms in total. The number of H-pyrrole nitrogens is 1. The van der Waals surface area contributed by atoms with Crippen LogP contribution in [0.3, 0.4) is 0 Å². The van der Waals surface area contributed by atoms with Gasteiger partial charge < -0.3 is 4.98 Å². The molecule has 0 atom stereocenters. The molecule has 0 amide bonds. The number of thioether (sulfide) groups is 1. The molecule has 2 heterocycles. The summed E-state index contributed by atoms with van der Waals surface area (Å²) < 4.78 is 12.8. The molecule has 0 bridgehead atoms. The largest absolute Gasteiger partial charge is 0.301 e. The highest BCUT2D eigenvalue weighted by molar-refractivity contribution is 7.98. The zero-order chi connectivity index (χ0) is 13.2. The fourth-order valence-corrected chi connectivity index (χ4v) is 3.29. The number of hydrogen-bond donors (Lipinski definition) is 1. The van der Waals surface area contributed by atoms with Gasteiger partial charge in [-0.2, -0.15) is 0 Å². The van der Waals surface area contributed by atoms with Crippen LogP contribution in [0.1, 0.15) is 5.56 Å². The summed E-state index contributed by atoms with van der Waals surface area (Å²) in [5.74, 6) is 0.389. The first-order chi connectivity index (χ1) is 9.22. The molecule has 0 aliphatic heterocycles. The quantitative estimate of drug-likeness (QED) is 0.594. The third-order valence-electron chi connectivity index (χ3n) is 2.60. The van der Waals surface area contributed by atoms with Gasteiger partial charge in [0.05, 0.1) is 5.39 Å². The van der Waals surface area contributed by atoms with Gasteiger partial charge in [0, 0.05) is 5.75 Å². The summed E-state index contributed by atoms with van der Waals surface area (Å²) in [6.45, 7) is 0. The summed E-state index contributed by atoms with van der Waals surface area (Å²) in [6.07, 6.45) is 0. The minimum atomic E-state index is -0.250. The number of fused-ring (bicyclic) bond motifs is 1. The molecule has 0 spiro atoms. The Bertz CT molecular complexity index is 764. The van der Waals surface area contributed by atoms with Crippen molar-refractivity contribution < 1.29 is 4.39 Å². The zero-order valence-electron chi connectivity index (χ0n) is 9.72. The van der Waals surface area contributed by atoms with E-state index in [-0.39, 0.29) is 11.4 Å². The summed E-state index contributed by atoms with van der Waals surface area (Å²) in [4.78, 5) is 19.6. The van der Waals surface area contributed by atoms with E-state index < -0.39 is 0 Å². The molecule has 0 aliphatic rings. The molecule has 6 heteroatoms. The number of nitrogens with zero attached hydrogens (tertiary/aromatic N) is 1. The number of thiophene rings is 1. The molecule has 0 saturated heterocycles. The van der Waals surface area contributed by atoms with E-state index in [9.17, 15) is 9.18 Å². The number of benzene rings is 1. The number of halogens is 1. The van der Waals surface area contributed by atoms with Gasteiger partial charge in [-0.1, -0.05) is 23.9 Å². The monoisotopic (exact) mass is 292 g/mol. The summed E-state index contributed by atoms with van der Waals surface area (Å²) in [5.41, 5.74) is 0.869. The second-order valence-corrected chi connectivity index (χ2v) is 5.78. The Kier molecular flexibility index (Phi) is 3.35. The third kappa shape index (κ3) is 2.69. The number of aromatic nitrogens is 2. The molecule has 2 aromatic heterocycles. The maximum atomic E-state index is 12.8. The van der Waals surface area contributed by atoms with Crippen molar-refractivity contribution in [2.24, 2.45) is 0 Å². The van der Waals surface area contributed by atoms with Crippen molar-refractivity contribution in [2.45, 2.75) is 10.9 Å². The number of hydrogen-bond acceptors (Lipinski definition) is 4. The van der Waals surface area contributed by atoms with Crippen LogP contribution < -0.4 is 5.56 Å². The van der Waals surface area contributed by atoms with Crippen LogP contribution in [0, 0.1) is 5.82 Å². The van der Waals surface area contributed by atoms with Crippen molar-refractivity contribution >= 4 is 33.3 Å². The standard InChI is InChI=1S/C13H9FN2OS2/c14-9-3-1-8(2-4-9)7-19-13-15-11(17)10-5-6-18-12(10)16-13/h1-6H,7H2,(H,15,16,17). The Labute approximate surface area is 116 Å². The van der Waals surface area contributed by atoms with Gasteiger partial charge in [0.1, 0.15) is 10.6 Å². The van der Waals surface area contributed by atoms with E-state index in [4.69, 9.17) is 0 Å². The highest BCUT2D eigenvalue weighted by atomic mass is 32.2. The summed E-state index contributed by atoms with van der Waals surface area (Å²) >= 11 is 2.87. The van der Waals surface area contributed by atoms with Crippen LogP contribution in [0.5, 0.6) is 0 Å². The van der Waals surface area contributed by atoms with Crippen molar-refractivity contribution in [3.8, 4) is 0 Å².